The molecule has 0 radical (unpaired) electrons. The van der Waals surface area contributed by atoms with Crippen LogP contribution in [0.25, 0.3) is 11.0 Å². The van der Waals surface area contributed by atoms with E-state index in [1.54, 1.807) is 37.2 Å². The molecule has 1 aliphatic rings. The number of carboxylic acid groups (broad SMARTS) is 1. The van der Waals surface area contributed by atoms with Crippen LogP contribution in [0.1, 0.15) is 50.1 Å². The third-order valence-corrected chi connectivity index (χ3v) is 6.28. The number of carbonyl (C=O) groups is 2. The van der Waals surface area contributed by atoms with E-state index in [1.165, 1.54) is 6.07 Å². The van der Waals surface area contributed by atoms with Crippen molar-refractivity contribution in [2.75, 3.05) is 6.54 Å². The Balaban J connectivity index is 1.56. The van der Waals surface area contributed by atoms with Gasteiger partial charge in [0, 0.05) is 36.4 Å². The molecule has 168 valence electrons. The molecule has 4 rings (SSSR count). The van der Waals surface area contributed by atoms with Crippen molar-refractivity contribution >= 4 is 22.9 Å². The number of hydrogen-bond acceptors (Lipinski definition) is 4. The van der Waals surface area contributed by atoms with Crippen LogP contribution in [0.3, 0.4) is 0 Å². The van der Waals surface area contributed by atoms with Crippen LogP contribution in [0.4, 0.5) is 4.39 Å². The predicted molar refractivity (Wildman–Crippen MR) is 117 cm³/mol. The van der Waals surface area contributed by atoms with Crippen molar-refractivity contribution in [3.8, 4) is 0 Å². The fraction of sp³-hybridized carbons (Fsp3) is 0.417. The molecule has 1 amide bonds. The zero-order valence-corrected chi connectivity index (χ0v) is 18.3. The monoisotopic (exact) mass is 438 g/mol. The summed E-state index contributed by atoms with van der Waals surface area (Å²) in [5, 5.41) is 10.3. The fourth-order valence-electron chi connectivity index (χ4n) is 4.27. The van der Waals surface area contributed by atoms with Crippen molar-refractivity contribution in [2.45, 2.75) is 52.6 Å². The van der Waals surface area contributed by atoms with Gasteiger partial charge in [0.05, 0.1) is 24.2 Å². The minimum atomic E-state index is -0.855. The standard InChI is InChI=1S/C24H27FN4O3/c1-24(2,23(31)32)10-3-8-21(30)28-13-9-16-17-6-4-12-27-22(17)29(20(16)15-28)14-19-18(25)7-5-11-26-19/h4-7,11-12H,3,8-10,13-15H2,1-2H3,(H,31,32). The average molecular weight is 439 g/mol. The summed E-state index contributed by atoms with van der Waals surface area (Å²) >= 11 is 0. The highest BCUT2D eigenvalue weighted by atomic mass is 19.1. The van der Waals surface area contributed by atoms with Crippen molar-refractivity contribution in [3.63, 3.8) is 0 Å². The lowest BCUT2D eigenvalue weighted by Crippen LogP contribution is -2.37. The van der Waals surface area contributed by atoms with E-state index in [-0.39, 0.29) is 18.3 Å². The highest BCUT2D eigenvalue weighted by molar-refractivity contribution is 5.84. The SMILES string of the molecule is CC(C)(CCCC(=O)N1CCc2c(n(Cc3ncccc3F)c3ncccc23)C1)C(=O)O. The molecule has 1 N–H and O–H groups in total. The van der Waals surface area contributed by atoms with Crippen molar-refractivity contribution in [1.29, 1.82) is 0 Å². The van der Waals surface area contributed by atoms with Gasteiger partial charge in [-0.1, -0.05) is 0 Å². The van der Waals surface area contributed by atoms with E-state index >= 15 is 0 Å². The first-order chi connectivity index (χ1) is 15.3. The van der Waals surface area contributed by atoms with Gasteiger partial charge in [-0.15, -0.1) is 0 Å². The number of hydrogen-bond donors (Lipinski definition) is 1. The van der Waals surface area contributed by atoms with Gasteiger partial charge in [-0.3, -0.25) is 14.6 Å². The van der Waals surface area contributed by atoms with Crippen LogP contribution in [0.5, 0.6) is 0 Å². The second-order valence-electron chi connectivity index (χ2n) is 8.93. The van der Waals surface area contributed by atoms with Gasteiger partial charge in [-0.2, -0.15) is 0 Å². The van der Waals surface area contributed by atoms with Crippen molar-refractivity contribution in [1.82, 2.24) is 19.4 Å². The molecule has 0 atom stereocenters. The van der Waals surface area contributed by atoms with E-state index in [4.69, 9.17) is 0 Å². The summed E-state index contributed by atoms with van der Waals surface area (Å²) < 4.78 is 16.3. The van der Waals surface area contributed by atoms with Gasteiger partial charge in [0.15, 0.2) is 0 Å². The van der Waals surface area contributed by atoms with Gasteiger partial charge in [0.2, 0.25) is 5.91 Å². The molecule has 0 saturated heterocycles. The van der Waals surface area contributed by atoms with Crippen molar-refractivity contribution in [2.24, 2.45) is 5.41 Å². The topological polar surface area (TPSA) is 88.3 Å². The number of carbonyl (C=O) groups excluding carboxylic acids is 1. The second-order valence-corrected chi connectivity index (χ2v) is 8.93. The Morgan fingerprint density at radius 1 is 1.19 bits per heavy atom. The Labute approximate surface area is 185 Å². The molecule has 0 unspecified atom stereocenters. The van der Waals surface area contributed by atoms with E-state index in [0.717, 1.165) is 22.3 Å². The smallest absolute Gasteiger partial charge is 0.309 e. The fourth-order valence-corrected chi connectivity index (χ4v) is 4.27. The number of fused-ring (bicyclic) bond motifs is 3. The molecule has 3 aromatic rings. The molecule has 0 aromatic carbocycles. The summed E-state index contributed by atoms with van der Waals surface area (Å²) in [7, 11) is 0. The first-order valence-electron chi connectivity index (χ1n) is 10.8. The summed E-state index contributed by atoms with van der Waals surface area (Å²) in [5.41, 5.74) is 2.34. The largest absolute Gasteiger partial charge is 0.481 e. The number of pyridine rings is 2. The van der Waals surface area contributed by atoms with Gasteiger partial charge in [0.25, 0.3) is 0 Å². The summed E-state index contributed by atoms with van der Waals surface area (Å²) in [6.45, 7) is 4.61. The molecule has 0 saturated carbocycles. The van der Waals surface area contributed by atoms with Crippen LogP contribution in [-0.2, 0) is 29.1 Å². The first kappa shape index (κ1) is 21.9. The summed E-state index contributed by atoms with van der Waals surface area (Å²) in [5.74, 6) is -1.22. The molecular formula is C24H27FN4O3. The molecule has 1 aliphatic heterocycles. The summed E-state index contributed by atoms with van der Waals surface area (Å²) in [6.07, 6.45) is 5.24. The number of amides is 1. The average Bonchev–Trinajstić information content (AvgIpc) is 3.08. The van der Waals surface area contributed by atoms with Crippen molar-refractivity contribution < 1.29 is 19.1 Å². The van der Waals surface area contributed by atoms with E-state index < -0.39 is 11.4 Å². The van der Waals surface area contributed by atoms with E-state index in [1.807, 2.05) is 16.7 Å². The van der Waals surface area contributed by atoms with Crippen molar-refractivity contribution in [3.05, 3.63) is 59.4 Å². The van der Waals surface area contributed by atoms with Crippen LogP contribution in [0, 0.1) is 11.2 Å². The van der Waals surface area contributed by atoms with Gasteiger partial charge in [-0.25, -0.2) is 9.37 Å². The number of aliphatic carboxylic acids is 1. The van der Waals surface area contributed by atoms with Crippen LogP contribution >= 0.6 is 0 Å². The zero-order chi connectivity index (χ0) is 22.9. The maximum Gasteiger partial charge on any atom is 0.309 e. The number of carboxylic acids is 1. The lowest BCUT2D eigenvalue weighted by Gasteiger charge is -2.29. The van der Waals surface area contributed by atoms with Gasteiger partial charge in [0.1, 0.15) is 11.5 Å². The normalized spacial score (nSPS) is 13.9. The maximum absolute atomic E-state index is 14.3. The number of halogens is 1. The molecule has 32 heavy (non-hydrogen) atoms. The third kappa shape index (κ3) is 4.22. The second kappa shape index (κ2) is 8.68. The number of aromatic nitrogens is 3. The number of rotatable bonds is 7. The minimum absolute atomic E-state index is 0.00520. The molecular weight excluding hydrogens is 411 g/mol. The van der Waals surface area contributed by atoms with Gasteiger partial charge in [-0.05, 0) is 62.9 Å². The number of nitrogens with zero attached hydrogens (tertiary/aromatic N) is 4. The van der Waals surface area contributed by atoms with E-state index in [2.05, 4.69) is 9.97 Å². The molecule has 7 nitrogen and oxygen atoms in total. The lowest BCUT2D eigenvalue weighted by molar-refractivity contribution is -0.147. The first-order valence-corrected chi connectivity index (χ1v) is 10.8. The Morgan fingerprint density at radius 3 is 2.69 bits per heavy atom. The Hall–Kier alpha value is -3.29. The van der Waals surface area contributed by atoms with Gasteiger partial charge < -0.3 is 14.6 Å². The van der Waals surface area contributed by atoms with Gasteiger partial charge >= 0.3 is 5.97 Å². The predicted octanol–water partition coefficient (Wildman–Crippen LogP) is 3.78. The zero-order valence-electron chi connectivity index (χ0n) is 18.3. The third-order valence-electron chi connectivity index (χ3n) is 6.28. The quantitative estimate of drug-likeness (QED) is 0.606. The van der Waals surface area contributed by atoms with E-state index in [9.17, 15) is 19.1 Å². The van der Waals surface area contributed by atoms with Crippen LogP contribution in [-0.4, -0.2) is 43.0 Å². The highest BCUT2D eigenvalue weighted by Crippen LogP contribution is 2.31. The molecule has 0 spiro atoms. The molecule has 0 bridgehead atoms. The summed E-state index contributed by atoms with van der Waals surface area (Å²) in [4.78, 5) is 34.7. The van der Waals surface area contributed by atoms with Crippen LogP contribution in [0.2, 0.25) is 0 Å². The molecule has 0 fully saturated rings. The lowest BCUT2D eigenvalue weighted by atomic mass is 9.87. The Kier molecular flexibility index (Phi) is 5.95. The molecule has 8 heteroatoms. The molecule has 0 aliphatic carbocycles. The minimum Gasteiger partial charge on any atom is -0.481 e. The molecule has 4 heterocycles. The Bertz CT molecular complexity index is 1170. The van der Waals surface area contributed by atoms with E-state index in [0.29, 0.717) is 44.5 Å². The van der Waals surface area contributed by atoms with Crippen LogP contribution in [0.15, 0.2) is 36.7 Å². The maximum atomic E-state index is 14.3. The summed E-state index contributed by atoms with van der Waals surface area (Å²) in [6, 6.07) is 6.85. The molecule has 3 aromatic heterocycles. The van der Waals surface area contributed by atoms with Crippen LogP contribution < -0.4 is 0 Å². The Morgan fingerprint density at radius 2 is 1.94 bits per heavy atom. The highest BCUT2D eigenvalue weighted by Gasteiger charge is 2.29.